The topological polar surface area (TPSA) is 0 Å². The van der Waals surface area contributed by atoms with Gasteiger partial charge < -0.3 is 0 Å². The zero-order valence-electron chi connectivity index (χ0n) is 8.72. The third-order valence-electron chi connectivity index (χ3n) is 4.79. The second-order valence-corrected chi connectivity index (χ2v) is 5.29. The maximum atomic E-state index is 2.49. The van der Waals surface area contributed by atoms with Gasteiger partial charge in [-0.1, -0.05) is 33.6 Å². The maximum Gasteiger partial charge on any atom is -0.0357 e. The monoisotopic (exact) mass is 166 g/mol. The highest BCUT2D eigenvalue weighted by atomic mass is 14.5. The first-order chi connectivity index (χ1) is 5.70. The zero-order valence-corrected chi connectivity index (χ0v) is 8.72. The first-order valence-electron chi connectivity index (χ1n) is 5.70. The van der Waals surface area contributed by atoms with E-state index in [9.17, 15) is 0 Å². The molecule has 0 nitrogen and oxygen atoms in total. The molecule has 0 aromatic carbocycles. The van der Waals surface area contributed by atoms with Gasteiger partial charge in [0.25, 0.3) is 0 Å². The van der Waals surface area contributed by atoms with Gasteiger partial charge in [-0.25, -0.2) is 0 Å². The van der Waals surface area contributed by atoms with Crippen LogP contribution in [0.2, 0.25) is 0 Å². The molecule has 0 aliphatic heterocycles. The molecular formula is C12H22. The van der Waals surface area contributed by atoms with Crippen molar-refractivity contribution in [1.82, 2.24) is 0 Å². The van der Waals surface area contributed by atoms with Gasteiger partial charge in [-0.3, -0.25) is 0 Å². The van der Waals surface area contributed by atoms with Gasteiger partial charge in [0.1, 0.15) is 0 Å². The molecule has 0 N–H and O–H groups in total. The summed E-state index contributed by atoms with van der Waals surface area (Å²) in [4.78, 5) is 0. The van der Waals surface area contributed by atoms with Crippen LogP contribution in [0.4, 0.5) is 0 Å². The van der Waals surface area contributed by atoms with Crippen LogP contribution in [0.15, 0.2) is 0 Å². The van der Waals surface area contributed by atoms with Crippen molar-refractivity contribution < 1.29 is 0 Å². The van der Waals surface area contributed by atoms with Crippen molar-refractivity contribution in [3.8, 4) is 0 Å². The van der Waals surface area contributed by atoms with Gasteiger partial charge in [-0.2, -0.15) is 0 Å². The molecule has 2 saturated carbocycles. The van der Waals surface area contributed by atoms with Crippen LogP contribution >= 0.6 is 0 Å². The highest BCUT2D eigenvalue weighted by Crippen LogP contribution is 2.49. The number of rotatable bonds is 0. The Bertz CT molecular complexity index is 161. The summed E-state index contributed by atoms with van der Waals surface area (Å²) in [5.41, 5.74) is 0. The average Bonchev–Trinajstić information content (AvgIpc) is 2.48. The summed E-state index contributed by atoms with van der Waals surface area (Å²) in [6, 6.07) is 0. The number of hydrogen-bond acceptors (Lipinski definition) is 0. The Hall–Kier alpha value is 0. The van der Waals surface area contributed by atoms with Crippen molar-refractivity contribution in [2.45, 2.75) is 46.5 Å². The normalized spacial score (nSPS) is 53.8. The molecule has 0 bridgehead atoms. The van der Waals surface area contributed by atoms with E-state index in [1.54, 1.807) is 0 Å². The van der Waals surface area contributed by atoms with Crippen molar-refractivity contribution in [1.29, 1.82) is 0 Å². The Morgan fingerprint density at radius 3 is 2.42 bits per heavy atom. The summed E-state index contributed by atoms with van der Waals surface area (Å²) >= 11 is 0. The van der Waals surface area contributed by atoms with E-state index in [0.29, 0.717) is 0 Å². The molecule has 12 heavy (non-hydrogen) atoms. The first-order valence-corrected chi connectivity index (χ1v) is 5.70. The van der Waals surface area contributed by atoms with Gasteiger partial charge >= 0.3 is 0 Å². The molecule has 0 heteroatoms. The highest BCUT2D eigenvalue weighted by molar-refractivity contribution is 4.90. The molecule has 2 aliphatic rings. The Morgan fingerprint density at radius 2 is 1.67 bits per heavy atom. The predicted molar refractivity (Wildman–Crippen MR) is 52.9 cm³/mol. The van der Waals surface area contributed by atoms with Crippen LogP contribution in [0, 0.1) is 29.6 Å². The summed E-state index contributed by atoms with van der Waals surface area (Å²) in [6.07, 6.45) is 6.10. The molecule has 0 aromatic rings. The Labute approximate surface area is 76.7 Å². The van der Waals surface area contributed by atoms with E-state index >= 15 is 0 Å². The lowest BCUT2D eigenvalue weighted by atomic mass is 9.65. The summed E-state index contributed by atoms with van der Waals surface area (Å²) in [6.45, 7) is 7.41. The van der Waals surface area contributed by atoms with Crippen molar-refractivity contribution in [3.63, 3.8) is 0 Å². The number of fused-ring (bicyclic) bond motifs is 1. The van der Waals surface area contributed by atoms with E-state index in [1.807, 2.05) is 0 Å². The van der Waals surface area contributed by atoms with Crippen LogP contribution in [-0.4, -0.2) is 0 Å². The lowest BCUT2D eigenvalue weighted by molar-refractivity contribution is 0.0853. The second-order valence-electron chi connectivity index (χ2n) is 5.29. The highest BCUT2D eigenvalue weighted by Gasteiger charge is 2.40. The number of hydrogen-bond donors (Lipinski definition) is 0. The molecule has 0 radical (unpaired) electrons. The Balaban J connectivity index is 2.10. The van der Waals surface area contributed by atoms with Gasteiger partial charge in [-0.15, -0.1) is 0 Å². The van der Waals surface area contributed by atoms with Gasteiger partial charge in [-0.05, 0) is 42.4 Å². The van der Waals surface area contributed by atoms with Gasteiger partial charge in [0, 0.05) is 0 Å². The molecule has 2 aliphatic carbocycles. The molecule has 2 fully saturated rings. The van der Waals surface area contributed by atoms with Crippen LogP contribution < -0.4 is 0 Å². The summed E-state index contributed by atoms with van der Waals surface area (Å²) in [5, 5.41) is 0. The van der Waals surface area contributed by atoms with Crippen LogP contribution in [0.5, 0.6) is 0 Å². The van der Waals surface area contributed by atoms with E-state index in [-0.39, 0.29) is 0 Å². The summed E-state index contributed by atoms with van der Waals surface area (Å²) < 4.78 is 0. The smallest absolute Gasteiger partial charge is 0.0357 e. The fourth-order valence-corrected chi connectivity index (χ4v) is 3.65. The van der Waals surface area contributed by atoms with Crippen molar-refractivity contribution in [2.24, 2.45) is 29.6 Å². The van der Waals surface area contributed by atoms with Crippen molar-refractivity contribution in [3.05, 3.63) is 0 Å². The van der Waals surface area contributed by atoms with Crippen LogP contribution in [0.25, 0.3) is 0 Å². The zero-order chi connectivity index (χ0) is 8.72. The predicted octanol–water partition coefficient (Wildman–Crippen LogP) is 3.71. The van der Waals surface area contributed by atoms with Crippen LogP contribution in [0.1, 0.15) is 46.5 Å². The molecule has 5 atom stereocenters. The third kappa shape index (κ3) is 1.20. The molecule has 0 saturated heterocycles. The molecular weight excluding hydrogens is 144 g/mol. The standard InChI is InChI=1S/C12H22/c1-8-7-11-5-4-6-12(11)10(3)9(8)2/h8-12H,4-7H2,1-3H3. The largest absolute Gasteiger partial charge is 0.0622 e. The minimum absolute atomic E-state index is 0.976. The SMILES string of the molecule is CC1CC2CCCC2C(C)C1C. The van der Waals surface area contributed by atoms with Gasteiger partial charge in [0.15, 0.2) is 0 Å². The minimum atomic E-state index is 0.976. The van der Waals surface area contributed by atoms with Gasteiger partial charge in [0.05, 0.1) is 0 Å². The molecule has 0 heterocycles. The first kappa shape index (κ1) is 8.59. The molecule has 0 spiro atoms. The maximum absolute atomic E-state index is 2.49. The van der Waals surface area contributed by atoms with Crippen LogP contribution in [0.3, 0.4) is 0 Å². The fourth-order valence-electron chi connectivity index (χ4n) is 3.65. The van der Waals surface area contributed by atoms with E-state index < -0.39 is 0 Å². The Kier molecular flexibility index (Phi) is 2.18. The third-order valence-corrected chi connectivity index (χ3v) is 4.79. The summed E-state index contributed by atoms with van der Waals surface area (Å²) in [5.74, 6) is 5.16. The lowest BCUT2D eigenvalue weighted by Crippen LogP contribution is -2.33. The van der Waals surface area contributed by atoms with E-state index in [2.05, 4.69) is 20.8 Å². The second kappa shape index (κ2) is 3.05. The van der Waals surface area contributed by atoms with Crippen molar-refractivity contribution >= 4 is 0 Å². The molecule has 0 amide bonds. The molecule has 5 unspecified atom stereocenters. The van der Waals surface area contributed by atoms with Crippen molar-refractivity contribution in [2.75, 3.05) is 0 Å². The van der Waals surface area contributed by atoms with Crippen LogP contribution in [-0.2, 0) is 0 Å². The average molecular weight is 166 g/mol. The molecule has 0 aromatic heterocycles. The van der Waals surface area contributed by atoms with E-state index in [1.165, 1.54) is 25.7 Å². The summed E-state index contributed by atoms with van der Waals surface area (Å²) in [7, 11) is 0. The fraction of sp³-hybridized carbons (Fsp3) is 1.00. The molecule has 2 rings (SSSR count). The minimum Gasteiger partial charge on any atom is -0.0622 e. The van der Waals surface area contributed by atoms with E-state index in [4.69, 9.17) is 0 Å². The molecule has 70 valence electrons. The Morgan fingerprint density at radius 1 is 0.917 bits per heavy atom. The van der Waals surface area contributed by atoms with E-state index in [0.717, 1.165) is 29.6 Å². The van der Waals surface area contributed by atoms with Gasteiger partial charge in [0.2, 0.25) is 0 Å². The quantitative estimate of drug-likeness (QED) is 0.514. The lowest BCUT2D eigenvalue weighted by Gasteiger charge is -2.41.